The standard InChI is InChI=1S/C22H22ClN5O2S/c1-28-12-19-18(21(28)22(29)26-16-9-10-25-20(23)11-16)8-7-17(27-31(19)24)14-30-13-15-5-3-2-4-6-15/h2-12,17H,13-14H2,1H3,(H2,24,27)(H,25,26,29). The molecule has 1 aliphatic rings. The second kappa shape index (κ2) is 9.57. The van der Waals surface area contributed by atoms with E-state index in [9.17, 15) is 4.79 Å². The summed E-state index contributed by atoms with van der Waals surface area (Å²) in [5.41, 5.74) is 2.88. The van der Waals surface area contributed by atoms with Gasteiger partial charge in [0.15, 0.2) is 0 Å². The topological polar surface area (TPSA) is 92.0 Å². The minimum atomic E-state index is -0.991. The molecule has 2 aromatic heterocycles. The first-order chi connectivity index (χ1) is 15.0. The van der Waals surface area contributed by atoms with Crippen LogP contribution in [0.5, 0.6) is 0 Å². The molecular formula is C22H22ClN5O2S. The van der Waals surface area contributed by atoms with E-state index in [1.165, 1.54) is 6.20 Å². The summed E-state index contributed by atoms with van der Waals surface area (Å²) >= 11 is 5.91. The smallest absolute Gasteiger partial charge is 0.272 e. The number of anilines is 1. The van der Waals surface area contributed by atoms with Crippen LogP contribution in [0.15, 0.2) is 65.8 Å². The van der Waals surface area contributed by atoms with E-state index < -0.39 is 10.9 Å². The molecule has 9 heteroatoms. The second-order valence-corrected chi connectivity index (χ2v) is 8.75. The largest absolute Gasteiger partial charge is 0.375 e. The molecule has 31 heavy (non-hydrogen) atoms. The van der Waals surface area contributed by atoms with Gasteiger partial charge in [0.1, 0.15) is 10.8 Å². The van der Waals surface area contributed by atoms with Gasteiger partial charge in [-0.15, -0.1) is 0 Å². The van der Waals surface area contributed by atoms with E-state index in [-0.39, 0.29) is 11.9 Å². The molecule has 3 aromatic rings. The van der Waals surface area contributed by atoms with Crippen molar-refractivity contribution in [2.75, 3.05) is 11.9 Å². The Balaban J connectivity index is 1.49. The minimum absolute atomic E-state index is 0.128. The third-order valence-electron chi connectivity index (χ3n) is 4.78. The van der Waals surface area contributed by atoms with Crippen molar-refractivity contribution >= 4 is 40.1 Å². The molecule has 3 heterocycles. The molecule has 0 saturated heterocycles. The van der Waals surface area contributed by atoms with Gasteiger partial charge in [-0.05, 0) is 28.6 Å². The number of hydrogen-bond acceptors (Lipinski definition) is 4. The van der Waals surface area contributed by atoms with E-state index in [4.69, 9.17) is 21.1 Å². The highest BCUT2D eigenvalue weighted by molar-refractivity contribution is 7.84. The molecule has 4 rings (SSSR count). The Labute approximate surface area is 188 Å². The summed E-state index contributed by atoms with van der Waals surface area (Å²) in [4.78, 5) is 17.7. The first kappa shape index (κ1) is 21.5. The van der Waals surface area contributed by atoms with Gasteiger partial charge in [0.25, 0.3) is 5.91 Å². The van der Waals surface area contributed by atoms with Crippen LogP contribution in [-0.2, 0) is 29.3 Å². The lowest BCUT2D eigenvalue weighted by molar-refractivity contribution is 0.101. The van der Waals surface area contributed by atoms with Gasteiger partial charge in [0.05, 0.1) is 24.2 Å². The first-order valence-electron chi connectivity index (χ1n) is 9.65. The lowest BCUT2D eigenvalue weighted by Gasteiger charge is -2.14. The zero-order valence-corrected chi connectivity index (χ0v) is 18.4. The van der Waals surface area contributed by atoms with Gasteiger partial charge < -0.3 is 14.6 Å². The van der Waals surface area contributed by atoms with Crippen LogP contribution in [0.1, 0.15) is 21.6 Å². The number of halogens is 1. The molecule has 2 unspecified atom stereocenters. The fourth-order valence-corrected chi connectivity index (χ4v) is 4.73. The highest BCUT2D eigenvalue weighted by Crippen LogP contribution is 2.26. The van der Waals surface area contributed by atoms with E-state index in [0.29, 0.717) is 29.7 Å². The molecule has 7 nitrogen and oxygen atoms in total. The van der Waals surface area contributed by atoms with Gasteiger partial charge in [-0.1, -0.05) is 54.1 Å². The zero-order chi connectivity index (χ0) is 21.8. The number of carbonyl (C=O) groups is 1. The molecule has 1 aliphatic heterocycles. The van der Waals surface area contributed by atoms with Crippen molar-refractivity contribution in [2.45, 2.75) is 17.5 Å². The molecule has 0 saturated carbocycles. The number of ether oxygens (including phenoxy) is 1. The highest BCUT2D eigenvalue weighted by atomic mass is 35.5. The van der Waals surface area contributed by atoms with Crippen LogP contribution in [0.2, 0.25) is 5.15 Å². The summed E-state index contributed by atoms with van der Waals surface area (Å²) in [7, 11) is 0.809. The lowest BCUT2D eigenvalue weighted by Crippen LogP contribution is -2.31. The molecule has 2 atom stereocenters. The third-order valence-corrected chi connectivity index (χ3v) is 6.29. The Hall–Kier alpha value is -2.78. The fraction of sp³-hybridized carbons (Fsp3) is 0.182. The molecule has 0 fully saturated rings. The van der Waals surface area contributed by atoms with Crippen LogP contribution in [-0.4, -0.2) is 28.1 Å². The number of hydrogen-bond donors (Lipinski definition) is 3. The molecule has 0 spiro atoms. The number of carbonyl (C=O) groups excluding carboxylic acids is 1. The zero-order valence-electron chi connectivity index (χ0n) is 16.8. The Morgan fingerprint density at radius 2 is 2.16 bits per heavy atom. The van der Waals surface area contributed by atoms with Crippen molar-refractivity contribution in [2.24, 2.45) is 7.05 Å². The van der Waals surface area contributed by atoms with Gasteiger partial charge in [0.2, 0.25) is 0 Å². The number of aryl methyl sites for hydroxylation is 1. The molecule has 0 aliphatic carbocycles. The van der Waals surface area contributed by atoms with E-state index >= 15 is 0 Å². The number of amides is 1. The minimum Gasteiger partial charge on any atom is -0.375 e. The number of pyridine rings is 1. The SMILES string of the molecule is Cn1cc2c(c1C(=O)Nc1ccnc(Cl)c1)C=CC(COCc1ccccc1)NS2=N. The number of aromatic nitrogens is 2. The summed E-state index contributed by atoms with van der Waals surface area (Å²) in [5, 5.41) is 3.16. The summed E-state index contributed by atoms with van der Waals surface area (Å²) in [6.45, 7) is 0.941. The number of fused-ring (bicyclic) bond motifs is 1. The van der Waals surface area contributed by atoms with Gasteiger partial charge in [-0.3, -0.25) is 9.57 Å². The average molecular weight is 456 g/mol. The molecule has 0 radical (unpaired) electrons. The summed E-state index contributed by atoms with van der Waals surface area (Å²) in [6, 6.07) is 13.1. The molecular weight excluding hydrogens is 434 g/mol. The van der Waals surface area contributed by atoms with Crippen molar-refractivity contribution in [1.29, 1.82) is 4.78 Å². The average Bonchev–Trinajstić information content (AvgIpc) is 3.01. The summed E-state index contributed by atoms with van der Waals surface area (Å²) < 4.78 is 19.4. The first-order valence-corrected chi connectivity index (χ1v) is 11.3. The summed E-state index contributed by atoms with van der Waals surface area (Å²) in [5.74, 6) is -0.272. The molecule has 1 amide bonds. The van der Waals surface area contributed by atoms with Crippen LogP contribution in [0.4, 0.5) is 5.69 Å². The van der Waals surface area contributed by atoms with E-state index in [2.05, 4.69) is 15.0 Å². The third kappa shape index (κ3) is 5.11. The molecule has 160 valence electrons. The van der Waals surface area contributed by atoms with Crippen molar-refractivity contribution < 1.29 is 9.53 Å². The number of nitrogens with one attached hydrogen (secondary N) is 3. The Bertz CT molecular complexity index is 1150. The molecule has 0 bridgehead atoms. The van der Waals surface area contributed by atoms with Crippen molar-refractivity contribution in [3.63, 3.8) is 0 Å². The quantitative estimate of drug-likeness (QED) is 0.486. The van der Waals surface area contributed by atoms with Crippen molar-refractivity contribution in [3.8, 4) is 0 Å². The van der Waals surface area contributed by atoms with Crippen LogP contribution in [0.3, 0.4) is 0 Å². The van der Waals surface area contributed by atoms with E-state index in [0.717, 1.165) is 16.0 Å². The maximum Gasteiger partial charge on any atom is 0.272 e. The maximum atomic E-state index is 13.0. The Morgan fingerprint density at radius 3 is 2.94 bits per heavy atom. The monoisotopic (exact) mass is 455 g/mol. The van der Waals surface area contributed by atoms with Crippen LogP contribution in [0, 0.1) is 4.78 Å². The second-order valence-electron chi connectivity index (χ2n) is 7.08. The van der Waals surface area contributed by atoms with E-state index in [1.54, 1.807) is 23.7 Å². The van der Waals surface area contributed by atoms with Crippen molar-refractivity contribution in [1.82, 2.24) is 14.3 Å². The lowest BCUT2D eigenvalue weighted by atomic mass is 10.1. The van der Waals surface area contributed by atoms with Gasteiger partial charge in [-0.2, -0.15) is 0 Å². The van der Waals surface area contributed by atoms with Gasteiger partial charge in [-0.25, -0.2) is 9.71 Å². The van der Waals surface area contributed by atoms with Crippen molar-refractivity contribution in [3.05, 3.63) is 82.9 Å². The van der Waals surface area contributed by atoms with Crippen LogP contribution in [0.25, 0.3) is 6.08 Å². The van der Waals surface area contributed by atoms with Gasteiger partial charge in [0, 0.05) is 30.7 Å². The highest BCUT2D eigenvalue weighted by Gasteiger charge is 2.24. The summed E-state index contributed by atoms with van der Waals surface area (Å²) in [6.07, 6.45) is 7.21. The Kier molecular flexibility index (Phi) is 6.62. The van der Waals surface area contributed by atoms with Gasteiger partial charge >= 0.3 is 0 Å². The number of benzene rings is 1. The fourth-order valence-electron chi connectivity index (χ4n) is 3.33. The normalized spacial score (nSPS) is 17.7. The number of rotatable bonds is 6. The Morgan fingerprint density at radius 1 is 1.35 bits per heavy atom. The molecule has 3 N–H and O–H groups in total. The van der Waals surface area contributed by atoms with E-state index in [1.807, 2.05) is 48.7 Å². The number of nitrogens with zero attached hydrogens (tertiary/aromatic N) is 2. The molecule has 1 aromatic carbocycles. The predicted molar refractivity (Wildman–Crippen MR) is 123 cm³/mol. The maximum absolute atomic E-state index is 13.0. The van der Waals surface area contributed by atoms with Crippen LogP contribution >= 0.6 is 11.6 Å². The van der Waals surface area contributed by atoms with Crippen LogP contribution < -0.4 is 10.0 Å². The predicted octanol–water partition coefficient (Wildman–Crippen LogP) is 4.18.